The Labute approximate surface area is 192 Å². The van der Waals surface area contributed by atoms with Crippen molar-refractivity contribution >= 4 is 23.4 Å². The molecule has 0 aromatic heterocycles. The van der Waals surface area contributed by atoms with Gasteiger partial charge in [0, 0.05) is 0 Å². The summed E-state index contributed by atoms with van der Waals surface area (Å²) in [6, 6.07) is 0. The van der Waals surface area contributed by atoms with Crippen molar-refractivity contribution in [1.29, 1.82) is 0 Å². The number of nitrogens with zero attached hydrogens (tertiary/aromatic N) is 2. The lowest BCUT2D eigenvalue weighted by atomic mass is 9.53. The Balaban J connectivity index is 1.74. The number of hydrogen-bond donors (Lipinski definition) is 0. The van der Waals surface area contributed by atoms with Gasteiger partial charge in [0.05, 0.1) is 11.4 Å². The summed E-state index contributed by atoms with van der Waals surface area (Å²) in [6.07, 6.45) is 20.6. The van der Waals surface area contributed by atoms with Gasteiger partial charge < -0.3 is 9.68 Å². The summed E-state index contributed by atoms with van der Waals surface area (Å²) in [6.45, 7) is 0. The van der Waals surface area contributed by atoms with E-state index in [4.69, 9.17) is 9.68 Å². The van der Waals surface area contributed by atoms with E-state index in [1.165, 1.54) is 51.4 Å². The van der Waals surface area contributed by atoms with Gasteiger partial charge in [-0.1, -0.05) is 100 Å². The fraction of sp³-hybridized carbons (Fsp3) is 0.846. The number of hydrogen-bond acceptors (Lipinski definition) is 6. The van der Waals surface area contributed by atoms with Crippen molar-refractivity contribution in [1.82, 2.24) is 0 Å². The highest BCUT2D eigenvalue weighted by Crippen LogP contribution is 2.56. The summed E-state index contributed by atoms with van der Waals surface area (Å²) in [7, 11) is 0. The fourth-order valence-electron chi connectivity index (χ4n) is 6.51. The van der Waals surface area contributed by atoms with Gasteiger partial charge in [0.2, 0.25) is 0 Å². The molecule has 0 radical (unpaired) electrons. The van der Waals surface area contributed by atoms with Crippen LogP contribution < -0.4 is 0 Å². The SMILES string of the molecule is O=C1ON=C2CCCCCCCCCCC12C12CCCCCCCCCCC1=NOC2=O. The van der Waals surface area contributed by atoms with Gasteiger partial charge >= 0.3 is 11.9 Å². The molecule has 6 nitrogen and oxygen atoms in total. The van der Waals surface area contributed by atoms with Gasteiger partial charge in [0.25, 0.3) is 0 Å². The Hall–Kier alpha value is -1.72. The van der Waals surface area contributed by atoms with Crippen LogP contribution in [0.5, 0.6) is 0 Å². The van der Waals surface area contributed by atoms with E-state index in [1.54, 1.807) is 0 Å². The Morgan fingerprint density at radius 2 is 0.781 bits per heavy atom. The molecule has 2 fully saturated rings. The van der Waals surface area contributed by atoms with Crippen LogP contribution >= 0.6 is 0 Å². The third-order valence-corrected chi connectivity index (χ3v) is 8.32. The van der Waals surface area contributed by atoms with Crippen molar-refractivity contribution in [2.45, 2.75) is 128 Å². The molecule has 0 saturated heterocycles. The maximum Gasteiger partial charge on any atom is 0.348 e. The summed E-state index contributed by atoms with van der Waals surface area (Å²) in [5.74, 6) is -0.689. The lowest BCUT2D eigenvalue weighted by Crippen LogP contribution is -2.58. The smallest absolute Gasteiger partial charge is 0.317 e. The van der Waals surface area contributed by atoms with E-state index in [0.717, 1.165) is 62.8 Å². The second-order valence-corrected chi connectivity index (χ2v) is 10.3. The molecular weight excluding hydrogens is 404 g/mol. The van der Waals surface area contributed by atoms with Gasteiger partial charge in [-0.25, -0.2) is 9.59 Å². The largest absolute Gasteiger partial charge is 0.348 e. The first-order chi connectivity index (χ1) is 15.7. The van der Waals surface area contributed by atoms with Crippen molar-refractivity contribution in [2.75, 3.05) is 0 Å². The minimum Gasteiger partial charge on any atom is -0.317 e. The van der Waals surface area contributed by atoms with Crippen molar-refractivity contribution in [2.24, 2.45) is 21.1 Å². The number of carbonyl (C=O) groups excluding carboxylic acids is 2. The predicted octanol–water partition coefficient (Wildman–Crippen LogP) is 6.61. The van der Waals surface area contributed by atoms with E-state index in [1.807, 2.05) is 0 Å². The van der Waals surface area contributed by atoms with Crippen molar-refractivity contribution in [3.05, 3.63) is 0 Å². The molecule has 0 bridgehead atoms. The number of fused-ring (bicyclic) bond motifs is 3. The zero-order valence-corrected chi connectivity index (χ0v) is 19.7. The van der Waals surface area contributed by atoms with Gasteiger partial charge in [0.15, 0.2) is 0 Å². The molecule has 2 atom stereocenters. The van der Waals surface area contributed by atoms with E-state index < -0.39 is 10.8 Å². The second kappa shape index (κ2) is 10.9. The highest BCUT2D eigenvalue weighted by atomic mass is 16.7. The Morgan fingerprint density at radius 1 is 0.469 bits per heavy atom. The molecule has 2 heterocycles. The van der Waals surface area contributed by atoms with Crippen LogP contribution in [0.15, 0.2) is 10.3 Å². The minimum absolute atomic E-state index is 0.344. The van der Waals surface area contributed by atoms with E-state index in [2.05, 4.69) is 10.3 Å². The number of carbonyl (C=O) groups is 2. The first kappa shape index (κ1) is 23.4. The van der Waals surface area contributed by atoms with Crippen LogP contribution in [0, 0.1) is 10.8 Å². The molecule has 4 aliphatic rings. The van der Waals surface area contributed by atoms with Crippen LogP contribution in [-0.4, -0.2) is 23.4 Å². The molecule has 0 amide bonds. The molecule has 2 aliphatic carbocycles. The summed E-state index contributed by atoms with van der Waals surface area (Å²) < 4.78 is 0. The van der Waals surface area contributed by atoms with Crippen molar-refractivity contribution in [3.8, 4) is 0 Å². The monoisotopic (exact) mass is 444 g/mol. The van der Waals surface area contributed by atoms with Crippen LogP contribution in [-0.2, 0) is 19.3 Å². The molecule has 32 heavy (non-hydrogen) atoms. The van der Waals surface area contributed by atoms with Crippen LogP contribution in [0.1, 0.15) is 128 Å². The van der Waals surface area contributed by atoms with Gasteiger partial charge in [-0.2, -0.15) is 0 Å². The highest BCUT2D eigenvalue weighted by molar-refractivity contribution is 6.22. The molecule has 0 spiro atoms. The lowest BCUT2D eigenvalue weighted by molar-refractivity contribution is -0.164. The Morgan fingerprint density at radius 3 is 1.16 bits per heavy atom. The molecule has 2 saturated carbocycles. The molecule has 0 aromatic rings. The topological polar surface area (TPSA) is 77.3 Å². The molecule has 2 aliphatic heterocycles. The average Bonchev–Trinajstić information content (AvgIpc) is 3.26. The molecule has 2 unspecified atom stereocenters. The Kier molecular flexibility index (Phi) is 8.01. The zero-order valence-electron chi connectivity index (χ0n) is 19.7. The molecule has 6 heteroatoms. The molecule has 0 N–H and O–H groups in total. The first-order valence-electron chi connectivity index (χ1n) is 13.3. The van der Waals surface area contributed by atoms with Gasteiger partial charge in [0.1, 0.15) is 10.8 Å². The summed E-state index contributed by atoms with van der Waals surface area (Å²) >= 11 is 0. The van der Waals surface area contributed by atoms with E-state index in [9.17, 15) is 9.59 Å². The average molecular weight is 445 g/mol. The normalized spacial score (nSPS) is 33.6. The fourth-order valence-corrected chi connectivity index (χ4v) is 6.51. The maximum atomic E-state index is 13.6. The first-order valence-corrected chi connectivity index (χ1v) is 13.3. The third kappa shape index (κ3) is 4.38. The number of rotatable bonds is 1. The van der Waals surface area contributed by atoms with E-state index >= 15 is 0 Å². The van der Waals surface area contributed by atoms with Crippen molar-refractivity contribution in [3.63, 3.8) is 0 Å². The van der Waals surface area contributed by atoms with Crippen molar-refractivity contribution < 1.29 is 19.3 Å². The molecule has 178 valence electrons. The van der Waals surface area contributed by atoms with Gasteiger partial charge in [-0.05, 0) is 38.5 Å². The quantitative estimate of drug-likeness (QED) is 0.426. The van der Waals surface area contributed by atoms with E-state index in [0.29, 0.717) is 25.7 Å². The molecular formula is C26H40N2O4. The van der Waals surface area contributed by atoms with Gasteiger partial charge in [-0.15, -0.1) is 0 Å². The summed E-state index contributed by atoms with van der Waals surface area (Å²) in [5, 5.41) is 8.68. The predicted molar refractivity (Wildman–Crippen MR) is 124 cm³/mol. The molecule has 4 rings (SSSR count). The minimum atomic E-state index is -1.04. The summed E-state index contributed by atoms with van der Waals surface area (Å²) in [5.41, 5.74) is -0.519. The van der Waals surface area contributed by atoms with Crippen LogP contribution in [0.3, 0.4) is 0 Å². The standard InChI is InChI=1S/C26H40N2O4/c29-23-25(19-15-11-7-3-1-5-9-13-17-21(25)27-31-23)26-20-16-12-8-4-2-6-10-14-18-22(26)28-32-24(26)30/h1-20H2. The second-order valence-electron chi connectivity index (χ2n) is 10.3. The highest BCUT2D eigenvalue weighted by Gasteiger charge is 2.70. The third-order valence-electron chi connectivity index (χ3n) is 8.32. The molecule has 0 aromatic carbocycles. The van der Waals surface area contributed by atoms with Crippen LogP contribution in [0.2, 0.25) is 0 Å². The Bertz CT molecular complexity index is 684. The summed E-state index contributed by atoms with van der Waals surface area (Å²) in [4.78, 5) is 38.1. The lowest BCUT2D eigenvalue weighted by Gasteiger charge is -2.42. The van der Waals surface area contributed by atoms with Crippen LogP contribution in [0.4, 0.5) is 0 Å². The zero-order chi connectivity index (χ0) is 22.3. The maximum absolute atomic E-state index is 13.6. The number of oxime groups is 2. The van der Waals surface area contributed by atoms with Gasteiger partial charge in [-0.3, -0.25) is 0 Å². The van der Waals surface area contributed by atoms with E-state index in [-0.39, 0.29) is 11.9 Å². The van der Waals surface area contributed by atoms with Crippen LogP contribution in [0.25, 0.3) is 0 Å².